The summed E-state index contributed by atoms with van der Waals surface area (Å²) in [5.41, 5.74) is 8.47. The number of para-hydroxylation sites is 4. The molecule has 0 fully saturated rings. The Hall–Kier alpha value is -5.23. The van der Waals surface area contributed by atoms with E-state index in [0.29, 0.717) is 18.5 Å². The molecule has 0 N–H and O–H groups in total. The normalized spacial score (nSPS) is 11.5. The van der Waals surface area contributed by atoms with Crippen LogP contribution in [0.25, 0.3) is 20.9 Å². The van der Waals surface area contributed by atoms with Crippen molar-refractivity contribution in [2.45, 2.75) is 117 Å². The highest BCUT2D eigenvalue weighted by Gasteiger charge is 2.33. The summed E-state index contributed by atoms with van der Waals surface area (Å²) in [6, 6.07) is 61.4. The summed E-state index contributed by atoms with van der Waals surface area (Å²) in [4.78, 5) is 6.48. The van der Waals surface area contributed by atoms with Crippen molar-refractivity contribution in [3.8, 4) is 20.9 Å². The van der Waals surface area contributed by atoms with Crippen LogP contribution < -0.4 is 15.1 Å². The van der Waals surface area contributed by atoms with Gasteiger partial charge in [0.05, 0.1) is 23.4 Å². The quantitative estimate of drug-likeness (QED) is 0.0346. The Morgan fingerprint density at radius 3 is 1.06 bits per heavy atom. The molecule has 5 nitrogen and oxygen atoms in total. The molecular weight excluding hydrogens is 860 g/mol. The average molecular weight is 931 g/mol. The number of nitrogens with zero attached hydrogens (tertiary/aromatic N) is 2. The second-order valence-electron chi connectivity index (χ2n) is 17.5. The van der Waals surface area contributed by atoms with Crippen LogP contribution >= 0.6 is 18.9 Å². The van der Waals surface area contributed by atoms with Gasteiger partial charge in [0.2, 0.25) is 0 Å². The maximum atomic E-state index is 15.6. The van der Waals surface area contributed by atoms with Gasteiger partial charge in [0.15, 0.2) is 0 Å². The minimum Gasteiger partial charge on any atom is -0.311 e. The summed E-state index contributed by atoms with van der Waals surface area (Å²) < 4.78 is 28.8. The summed E-state index contributed by atoms with van der Waals surface area (Å²) in [5, 5.41) is 0.654. The molecule has 7 rings (SSSR count). The van der Waals surface area contributed by atoms with E-state index in [1.54, 1.807) is 11.3 Å². The SMILES string of the molecule is CCCCCCCCCCOP(=O)(OCCCCCCCCCC)c1cc(-c2ccc(N(c3ccccc3)c3ccccc3)cc2)sc1-c1ccc(N(c2ccccc2)c2ccccc2)cc1. The molecule has 7 heteroatoms. The smallest absolute Gasteiger partial charge is 0.311 e. The molecule has 0 unspecified atom stereocenters. The highest BCUT2D eigenvalue weighted by atomic mass is 32.1. The third kappa shape index (κ3) is 14.4. The molecule has 0 aliphatic rings. The molecule has 0 atom stereocenters. The monoisotopic (exact) mass is 930 g/mol. The highest BCUT2D eigenvalue weighted by Crippen LogP contribution is 2.53. The maximum absolute atomic E-state index is 15.6. The van der Waals surface area contributed by atoms with E-state index in [9.17, 15) is 0 Å². The first kappa shape index (κ1) is 49.7. The first-order valence-electron chi connectivity index (χ1n) is 25.1. The van der Waals surface area contributed by atoms with Gasteiger partial charge in [-0.2, -0.15) is 0 Å². The molecule has 0 saturated heterocycles. The van der Waals surface area contributed by atoms with Crippen LogP contribution in [-0.4, -0.2) is 13.2 Å². The van der Waals surface area contributed by atoms with Gasteiger partial charge in [0.1, 0.15) is 0 Å². The molecule has 0 aliphatic carbocycles. The lowest BCUT2D eigenvalue weighted by atomic mass is 10.1. The average Bonchev–Trinajstić information content (AvgIpc) is 3.84. The van der Waals surface area contributed by atoms with Crippen molar-refractivity contribution < 1.29 is 13.6 Å². The standard InChI is InChI=1S/C60H71N2O3PS/c1-3-5-7-9-11-13-15-29-47-64-66(63,65-48-30-16-14-12-10-8-6-4-2)58-49-59(50-39-43-56(44-40-50)61(52-31-21-17-22-32-52)53-33-23-18-24-34-53)67-60(58)51-41-45-57(46-42-51)62(54-35-25-19-26-36-54)55-37-27-20-28-38-55/h17-28,31-46,49H,3-16,29-30,47-48H2,1-2H3. The van der Waals surface area contributed by atoms with E-state index < -0.39 is 7.60 Å². The Balaban J connectivity index is 1.22. The molecule has 1 heterocycles. The molecule has 0 bridgehead atoms. The third-order valence-electron chi connectivity index (χ3n) is 12.4. The van der Waals surface area contributed by atoms with E-state index in [4.69, 9.17) is 9.05 Å². The van der Waals surface area contributed by atoms with Crippen LogP contribution in [-0.2, 0) is 13.6 Å². The Bertz CT molecular complexity index is 2370. The molecule has 0 saturated carbocycles. The van der Waals surface area contributed by atoms with E-state index in [1.165, 1.54) is 77.0 Å². The van der Waals surface area contributed by atoms with Crippen molar-refractivity contribution in [3.63, 3.8) is 0 Å². The maximum Gasteiger partial charge on any atom is 0.362 e. The van der Waals surface area contributed by atoms with Gasteiger partial charge in [0, 0.05) is 39.0 Å². The van der Waals surface area contributed by atoms with Crippen LogP contribution in [0.5, 0.6) is 0 Å². The Morgan fingerprint density at radius 2 is 0.701 bits per heavy atom. The summed E-state index contributed by atoms with van der Waals surface area (Å²) in [7, 11) is -3.76. The fourth-order valence-corrected chi connectivity index (χ4v) is 12.1. The van der Waals surface area contributed by atoms with E-state index in [0.717, 1.165) is 80.7 Å². The molecule has 350 valence electrons. The Labute approximate surface area is 406 Å². The van der Waals surface area contributed by atoms with Gasteiger partial charge < -0.3 is 18.8 Å². The molecule has 67 heavy (non-hydrogen) atoms. The van der Waals surface area contributed by atoms with Gasteiger partial charge in [-0.05, 0) is 103 Å². The fraction of sp³-hybridized carbons (Fsp3) is 0.333. The van der Waals surface area contributed by atoms with E-state index in [2.05, 4.69) is 187 Å². The van der Waals surface area contributed by atoms with E-state index >= 15 is 4.57 Å². The number of hydrogen-bond acceptors (Lipinski definition) is 6. The second kappa shape index (κ2) is 26.9. The van der Waals surface area contributed by atoms with E-state index in [1.807, 2.05) is 12.1 Å². The largest absolute Gasteiger partial charge is 0.362 e. The van der Waals surface area contributed by atoms with Crippen LogP contribution in [0.2, 0.25) is 0 Å². The van der Waals surface area contributed by atoms with Crippen molar-refractivity contribution >= 4 is 58.4 Å². The van der Waals surface area contributed by atoms with Gasteiger partial charge in [-0.3, -0.25) is 4.57 Å². The van der Waals surface area contributed by atoms with Crippen molar-refractivity contribution in [2.75, 3.05) is 23.0 Å². The number of benzene rings is 6. The van der Waals surface area contributed by atoms with Gasteiger partial charge in [0.25, 0.3) is 0 Å². The topological polar surface area (TPSA) is 42.0 Å². The second-order valence-corrected chi connectivity index (χ2v) is 20.6. The van der Waals surface area contributed by atoms with Gasteiger partial charge >= 0.3 is 7.60 Å². The van der Waals surface area contributed by atoms with Gasteiger partial charge in [-0.1, -0.05) is 201 Å². The number of thiophene rings is 1. The molecule has 0 aliphatic heterocycles. The first-order chi connectivity index (χ1) is 33.1. The van der Waals surface area contributed by atoms with Crippen molar-refractivity contribution in [3.05, 3.63) is 176 Å². The summed E-state index contributed by atoms with van der Waals surface area (Å²) in [6.45, 7) is 5.33. The van der Waals surface area contributed by atoms with E-state index in [-0.39, 0.29) is 0 Å². The zero-order chi connectivity index (χ0) is 46.4. The Kier molecular flexibility index (Phi) is 20.0. The zero-order valence-electron chi connectivity index (χ0n) is 39.9. The van der Waals surface area contributed by atoms with Crippen LogP contribution in [0, 0.1) is 0 Å². The molecule has 7 aromatic rings. The minimum atomic E-state index is -3.76. The van der Waals surface area contributed by atoms with Gasteiger partial charge in [-0.25, -0.2) is 0 Å². The summed E-state index contributed by atoms with van der Waals surface area (Å²) in [5.74, 6) is 0. The predicted octanol–water partition coefficient (Wildman–Crippen LogP) is 19.2. The zero-order valence-corrected chi connectivity index (χ0v) is 41.7. The molecule has 0 spiro atoms. The fourth-order valence-electron chi connectivity index (χ4n) is 8.69. The summed E-state index contributed by atoms with van der Waals surface area (Å²) in [6.07, 6.45) is 18.9. The van der Waals surface area contributed by atoms with Crippen molar-refractivity contribution in [1.82, 2.24) is 0 Å². The molecule has 0 radical (unpaired) electrons. The molecular formula is C60H71N2O3PS. The number of rotatable bonds is 29. The minimum absolute atomic E-state index is 0.403. The Morgan fingerprint density at radius 1 is 0.388 bits per heavy atom. The number of hydrogen-bond donors (Lipinski definition) is 0. The van der Waals surface area contributed by atoms with Crippen LogP contribution in [0.1, 0.15) is 117 Å². The highest BCUT2D eigenvalue weighted by molar-refractivity contribution is 7.63. The lowest BCUT2D eigenvalue weighted by Crippen LogP contribution is -2.13. The van der Waals surface area contributed by atoms with Crippen LogP contribution in [0.15, 0.2) is 176 Å². The van der Waals surface area contributed by atoms with Crippen LogP contribution in [0.3, 0.4) is 0 Å². The van der Waals surface area contributed by atoms with Crippen molar-refractivity contribution in [1.29, 1.82) is 0 Å². The first-order valence-corrected chi connectivity index (χ1v) is 27.5. The predicted molar refractivity (Wildman–Crippen MR) is 289 cm³/mol. The molecule has 6 aromatic carbocycles. The van der Waals surface area contributed by atoms with Gasteiger partial charge in [-0.15, -0.1) is 11.3 Å². The lowest BCUT2D eigenvalue weighted by Gasteiger charge is -2.25. The van der Waals surface area contributed by atoms with Crippen molar-refractivity contribution in [2.24, 2.45) is 0 Å². The molecule has 1 aromatic heterocycles. The lowest BCUT2D eigenvalue weighted by molar-refractivity contribution is 0.206. The number of unbranched alkanes of at least 4 members (excludes halogenated alkanes) is 14. The number of anilines is 6. The third-order valence-corrected chi connectivity index (χ3v) is 15.8. The summed E-state index contributed by atoms with van der Waals surface area (Å²) >= 11 is 1.66. The van der Waals surface area contributed by atoms with Crippen LogP contribution in [0.4, 0.5) is 34.1 Å². The molecule has 0 amide bonds.